The van der Waals surface area contributed by atoms with Crippen LogP contribution in [0.3, 0.4) is 0 Å². The van der Waals surface area contributed by atoms with Crippen LogP contribution in [-0.4, -0.2) is 16.2 Å². The van der Waals surface area contributed by atoms with Crippen LogP contribution in [0, 0.1) is 18.3 Å². The molecule has 0 radical (unpaired) electrons. The first-order valence-corrected chi connectivity index (χ1v) is 6.06. The van der Waals surface area contributed by atoms with E-state index in [1.54, 1.807) is 25.1 Å². The van der Waals surface area contributed by atoms with Crippen molar-refractivity contribution in [2.24, 2.45) is 0 Å². The van der Waals surface area contributed by atoms with Gasteiger partial charge in [-0.25, -0.2) is 9.55 Å². The molecule has 0 atom stereocenters. The highest BCUT2D eigenvalue weighted by Crippen LogP contribution is 2.13. The van der Waals surface area contributed by atoms with Crippen LogP contribution in [0.5, 0.6) is 6.01 Å². The number of rotatable bonds is 4. The van der Waals surface area contributed by atoms with Crippen molar-refractivity contribution in [2.45, 2.75) is 6.92 Å². The molecule has 1 aromatic heterocycles. The SMILES string of the molecule is Cc1cc(=O)n(-c2ccccc2)c(OCC=CC#N)n1. The van der Waals surface area contributed by atoms with Gasteiger partial charge in [-0.2, -0.15) is 5.26 Å². The highest BCUT2D eigenvalue weighted by Gasteiger charge is 2.09. The molecule has 5 nitrogen and oxygen atoms in total. The molecule has 0 aliphatic carbocycles. The number of nitrogens with zero attached hydrogens (tertiary/aromatic N) is 3. The van der Waals surface area contributed by atoms with Crippen molar-refractivity contribution in [3.05, 3.63) is 64.6 Å². The minimum atomic E-state index is -0.206. The van der Waals surface area contributed by atoms with Crippen molar-refractivity contribution in [3.8, 4) is 17.8 Å². The number of benzene rings is 1. The Morgan fingerprint density at radius 1 is 1.40 bits per heavy atom. The van der Waals surface area contributed by atoms with Crippen LogP contribution in [0.2, 0.25) is 0 Å². The third-order valence-electron chi connectivity index (χ3n) is 2.53. The van der Waals surface area contributed by atoms with Gasteiger partial charge in [0, 0.05) is 17.8 Å². The van der Waals surface area contributed by atoms with Gasteiger partial charge in [-0.15, -0.1) is 0 Å². The van der Waals surface area contributed by atoms with Crippen molar-refractivity contribution < 1.29 is 4.74 Å². The largest absolute Gasteiger partial charge is 0.460 e. The minimum absolute atomic E-state index is 0.177. The van der Waals surface area contributed by atoms with E-state index in [1.165, 1.54) is 16.7 Å². The third kappa shape index (κ3) is 3.12. The Morgan fingerprint density at radius 3 is 2.85 bits per heavy atom. The molecule has 0 spiro atoms. The molecule has 0 amide bonds. The van der Waals surface area contributed by atoms with Gasteiger partial charge in [-0.1, -0.05) is 18.2 Å². The van der Waals surface area contributed by atoms with E-state index in [9.17, 15) is 4.79 Å². The van der Waals surface area contributed by atoms with Crippen molar-refractivity contribution in [3.63, 3.8) is 0 Å². The maximum Gasteiger partial charge on any atom is 0.304 e. The van der Waals surface area contributed by atoms with Crippen molar-refractivity contribution in [1.82, 2.24) is 9.55 Å². The summed E-state index contributed by atoms with van der Waals surface area (Å²) >= 11 is 0. The van der Waals surface area contributed by atoms with E-state index in [2.05, 4.69) is 4.98 Å². The number of hydrogen-bond donors (Lipinski definition) is 0. The van der Waals surface area contributed by atoms with Gasteiger partial charge < -0.3 is 4.74 Å². The number of aryl methyl sites for hydroxylation is 1. The van der Waals surface area contributed by atoms with Gasteiger partial charge in [0.1, 0.15) is 6.61 Å². The molecule has 5 heteroatoms. The van der Waals surface area contributed by atoms with Gasteiger partial charge in [0.2, 0.25) is 0 Å². The molecule has 1 heterocycles. The number of hydrogen-bond acceptors (Lipinski definition) is 4. The Balaban J connectivity index is 2.42. The predicted molar refractivity (Wildman–Crippen MR) is 74.8 cm³/mol. The summed E-state index contributed by atoms with van der Waals surface area (Å²) < 4.78 is 6.87. The van der Waals surface area contributed by atoms with E-state index in [0.717, 1.165) is 0 Å². The average Bonchev–Trinajstić information content (AvgIpc) is 2.44. The Labute approximate surface area is 116 Å². The first-order chi connectivity index (χ1) is 9.72. The van der Waals surface area contributed by atoms with Crippen molar-refractivity contribution >= 4 is 0 Å². The van der Waals surface area contributed by atoms with E-state index in [4.69, 9.17) is 10.00 Å². The average molecular weight is 267 g/mol. The van der Waals surface area contributed by atoms with Gasteiger partial charge >= 0.3 is 6.01 Å². The van der Waals surface area contributed by atoms with Crippen LogP contribution >= 0.6 is 0 Å². The fraction of sp³-hybridized carbons (Fsp3) is 0.133. The maximum absolute atomic E-state index is 12.1. The van der Waals surface area contributed by atoms with Crippen molar-refractivity contribution in [2.75, 3.05) is 6.61 Å². The zero-order valence-corrected chi connectivity index (χ0v) is 11.0. The summed E-state index contributed by atoms with van der Waals surface area (Å²) in [5.41, 5.74) is 1.06. The molecule has 1 aromatic carbocycles. The van der Waals surface area contributed by atoms with Crippen LogP contribution in [0.1, 0.15) is 5.69 Å². The van der Waals surface area contributed by atoms with E-state index < -0.39 is 0 Å². The Morgan fingerprint density at radius 2 is 2.15 bits per heavy atom. The van der Waals surface area contributed by atoms with Crippen LogP contribution in [0.25, 0.3) is 5.69 Å². The second-order valence-corrected chi connectivity index (χ2v) is 4.03. The van der Waals surface area contributed by atoms with E-state index in [-0.39, 0.29) is 18.2 Å². The lowest BCUT2D eigenvalue weighted by Gasteiger charge is -2.12. The molecule has 2 aromatic rings. The van der Waals surface area contributed by atoms with E-state index in [1.807, 2.05) is 24.3 Å². The van der Waals surface area contributed by atoms with Crippen LogP contribution in [0.4, 0.5) is 0 Å². The smallest absolute Gasteiger partial charge is 0.304 e. The summed E-state index contributed by atoms with van der Waals surface area (Å²) in [6.45, 7) is 1.91. The first-order valence-electron chi connectivity index (χ1n) is 6.06. The zero-order valence-electron chi connectivity index (χ0n) is 11.0. The fourth-order valence-corrected chi connectivity index (χ4v) is 1.71. The van der Waals surface area contributed by atoms with Gasteiger partial charge in [0.05, 0.1) is 11.8 Å². The van der Waals surface area contributed by atoms with E-state index >= 15 is 0 Å². The molecule has 2 rings (SSSR count). The molecule has 0 unspecified atom stereocenters. The summed E-state index contributed by atoms with van der Waals surface area (Å²) in [7, 11) is 0. The van der Waals surface area contributed by atoms with E-state index in [0.29, 0.717) is 11.4 Å². The number of ether oxygens (including phenoxy) is 1. The topological polar surface area (TPSA) is 67.9 Å². The number of aromatic nitrogens is 2. The highest BCUT2D eigenvalue weighted by atomic mass is 16.5. The maximum atomic E-state index is 12.1. The molecule has 0 fully saturated rings. The Kier molecular flexibility index (Phi) is 4.30. The fourth-order valence-electron chi connectivity index (χ4n) is 1.71. The number of allylic oxidation sites excluding steroid dienone is 1. The summed E-state index contributed by atoms with van der Waals surface area (Å²) in [6, 6.07) is 12.7. The monoisotopic (exact) mass is 267 g/mol. The summed E-state index contributed by atoms with van der Waals surface area (Å²) in [5.74, 6) is 0. The number of nitriles is 1. The molecule has 100 valence electrons. The molecule has 0 saturated heterocycles. The van der Waals surface area contributed by atoms with Crippen molar-refractivity contribution in [1.29, 1.82) is 5.26 Å². The lowest BCUT2D eigenvalue weighted by atomic mass is 10.3. The van der Waals surface area contributed by atoms with Gasteiger partial charge in [-0.3, -0.25) is 4.79 Å². The predicted octanol–water partition coefficient (Wildman–Crippen LogP) is 2.00. The molecule has 20 heavy (non-hydrogen) atoms. The van der Waals surface area contributed by atoms with Crippen LogP contribution < -0.4 is 10.3 Å². The van der Waals surface area contributed by atoms with Crippen LogP contribution in [0.15, 0.2) is 53.3 Å². The standard InChI is InChI=1S/C15H13N3O2/c1-12-11-14(19)18(13-7-3-2-4-8-13)15(17-12)20-10-6-5-9-16/h2-8,11H,10H2,1H3. The normalized spacial score (nSPS) is 10.4. The second kappa shape index (κ2) is 6.34. The molecular weight excluding hydrogens is 254 g/mol. The number of para-hydroxylation sites is 1. The highest BCUT2D eigenvalue weighted by molar-refractivity contribution is 5.34. The summed E-state index contributed by atoms with van der Waals surface area (Å²) in [5, 5.41) is 8.42. The summed E-state index contributed by atoms with van der Waals surface area (Å²) in [4.78, 5) is 16.4. The molecule has 0 N–H and O–H groups in total. The van der Waals surface area contributed by atoms with Gasteiger partial charge in [0.15, 0.2) is 0 Å². The van der Waals surface area contributed by atoms with Crippen LogP contribution in [-0.2, 0) is 0 Å². The molecular formula is C15H13N3O2. The second-order valence-electron chi connectivity index (χ2n) is 4.03. The zero-order chi connectivity index (χ0) is 14.4. The summed E-state index contributed by atoms with van der Waals surface area (Å²) in [6.07, 6.45) is 2.88. The molecule has 0 aliphatic heterocycles. The Hall–Kier alpha value is -2.87. The molecule has 0 aliphatic rings. The lowest BCUT2D eigenvalue weighted by Crippen LogP contribution is -2.21. The van der Waals surface area contributed by atoms with Gasteiger partial charge in [0.25, 0.3) is 5.56 Å². The lowest BCUT2D eigenvalue weighted by molar-refractivity contribution is 0.320. The Bertz CT molecular complexity index is 712. The first kappa shape index (κ1) is 13.6. The third-order valence-corrected chi connectivity index (χ3v) is 2.53. The quantitative estimate of drug-likeness (QED) is 0.794. The molecule has 0 bridgehead atoms. The molecule has 0 saturated carbocycles. The minimum Gasteiger partial charge on any atom is -0.460 e. The van der Waals surface area contributed by atoms with Gasteiger partial charge in [-0.05, 0) is 25.1 Å².